The van der Waals surface area contributed by atoms with Crippen LogP contribution in [-0.2, 0) is 17.8 Å². The first-order chi connectivity index (χ1) is 14.7. The predicted octanol–water partition coefficient (Wildman–Crippen LogP) is 1.49. The molecule has 1 amide bonds. The molecule has 2 aromatic rings. The number of aromatic nitrogens is 1. The van der Waals surface area contributed by atoms with Crippen LogP contribution in [0.15, 0.2) is 28.9 Å². The molecule has 162 valence electrons. The van der Waals surface area contributed by atoms with Gasteiger partial charge >= 0.3 is 0 Å². The first-order valence-electron chi connectivity index (χ1n) is 10.3. The Bertz CT molecular complexity index is 850. The maximum atomic E-state index is 12.0. The van der Waals surface area contributed by atoms with Gasteiger partial charge in [0.2, 0.25) is 12.7 Å². The number of rotatable bonds is 9. The molecule has 0 unspecified atom stereocenters. The van der Waals surface area contributed by atoms with Crippen molar-refractivity contribution in [1.82, 2.24) is 20.1 Å². The molecule has 1 fully saturated rings. The third-order valence-electron chi connectivity index (χ3n) is 5.16. The number of morpholine rings is 1. The highest BCUT2D eigenvalue weighted by molar-refractivity contribution is 5.91. The standard InChI is InChI=1S/C21H28N4O5/c1-2-22-21(26)17-14-28-20(23-17)13-25(6-5-24-7-9-27-10-8-24)12-16-3-4-18-19(11-16)30-15-29-18/h3-4,11,14H,2,5-10,12-13,15H2,1H3,(H,22,26). The highest BCUT2D eigenvalue weighted by Gasteiger charge is 2.19. The number of ether oxygens (including phenoxy) is 3. The summed E-state index contributed by atoms with van der Waals surface area (Å²) in [4.78, 5) is 21.0. The largest absolute Gasteiger partial charge is 0.454 e. The normalized spacial score (nSPS) is 16.2. The Morgan fingerprint density at radius 1 is 1.20 bits per heavy atom. The SMILES string of the molecule is CCNC(=O)c1coc(CN(CCN2CCOCC2)Cc2ccc3c(c2)OCO3)n1. The van der Waals surface area contributed by atoms with Crippen LogP contribution in [0.1, 0.15) is 28.9 Å². The highest BCUT2D eigenvalue weighted by Crippen LogP contribution is 2.32. The smallest absolute Gasteiger partial charge is 0.273 e. The fraction of sp³-hybridized carbons (Fsp3) is 0.524. The second-order valence-corrected chi connectivity index (χ2v) is 7.34. The van der Waals surface area contributed by atoms with Gasteiger partial charge in [-0.25, -0.2) is 4.98 Å². The van der Waals surface area contributed by atoms with Crippen LogP contribution in [0.25, 0.3) is 0 Å². The van der Waals surface area contributed by atoms with E-state index in [9.17, 15) is 4.79 Å². The lowest BCUT2D eigenvalue weighted by Crippen LogP contribution is -2.41. The molecule has 1 N–H and O–H groups in total. The number of carbonyl (C=O) groups excluding carboxylic acids is 1. The first-order valence-corrected chi connectivity index (χ1v) is 10.3. The van der Waals surface area contributed by atoms with Gasteiger partial charge in [-0.3, -0.25) is 14.6 Å². The molecule has 0 aliphatic carbocycles. The Balaban J connectivity index is 1.43. The van der Waals surface area contributed by atoms with E-state index in [-0.39, 0.29) is 12.7 Å². The summed E-state index contributed by atoms with van der Waals surface area (Å²) in [6, 6.07) is 6.00. The Morgan fingerprint density at radius 3 is 2.87 bits per heavy atom. The molecule has 3 heterocycles. The number of nitrogens with one attached hydrogen (secondary N) is 1. The number of fused-ring (bicyclic) bond motifs is 1. The van der Waals surface area contributed by atoms with Gasteiger partial charge in [-0.15, -0.1) is 0 Å². The van der Waals surface area contributed by atoms with Gasteiger partial charge in [0.15, 0.2) is 17.2 Å². The zero-order chi connectivity index (χ0) is 20.8. The van der Waals surface area contributed by atoms with Crippen molar-refractivity contribution in [3.63, 3.8) is 0 Å². The molecule has 0 radical (unpaired) electrons. The van der Waals surface area contributed by atoms with Gasteiger partial charge in [0.25, 0.3) is 5.91 Å². The molecule has 9 nitrogen and oxygen atoms in total. The van der Waals surface area contributed by atoms with Crippen LogP contribution in [-0.4, -0.2) is 73.4 Å². The van der Waals surface area contributed by atoms with Gasteiger partial charge in [0, 0.05) is 39.3 Å². The van der Waals surface area contributed by atoms with Crippen LogP contribution in [0, 0.1) is 0 Å². The molecule has 2 aliphatic rings. The third-order valence-corrected chi connectivity index (χ3v) is 5.16. The summed E-state index contributed by atoms with van der Waals surface area (Å²) in [6.07, 6.45) is 1.42. The average molecular weight is 416 g/mol. The number of carbonyl (C=O) groups is 1. The number of oxazole rings is 1. The second kappa shape index (κ2) is 9.92. The maximum absolute atomic E-state index is 12.0. The van der Waals surface area contributed by atoms with E-state index in [2.05, 4.69) is 20.1 Å². The average Bonchev–Trinajstić information content (AvgIpc) is 3.42. The molecular weight excluding hydrogens is 388 g/mol. The van der Waals surface area contributed by atoms with Gasteiger partial charge in [-0.1, -0.05) is 6.07 Å². The lowest BCUT2D eigenvalue weighted by molar-refractivity contribution is 0.0320. The minimum Gasteiger partial charge on any atom is -0.454 e. The van der Waals surface area contributed by atoms with E-state index < -0.39 is 0 Å². The van der Waals surface area contributed by atoms with Crippen LogP contribution < -0.4 is 14.8 Å². The van der Waals surface area contributed by atoms with E-state index >= 15 is 0 Å². The lowest BCUT2D eigenvalue weighted by Gasteiger charge is -2.29. The van der Waals surface area contributed by atoms with Gasteiger partial charge in [0.05, 0.1) is 19.8 Å². The Hall–Kier alpha value is -2.62. The Labute approximate surface area is 175 Å². The van der Waals surface area contributed by atoms with Crippen LogP contribution in [0.2, 0.25) is 0 Å². The fourth-order valence-electron chi connectivity index (χ4n) is 3.55. The van der Waals surface area contributed by atoms with Crippen LogP contribution in [0.3, 0.4) is 0 Å². The first kappa shape index (κ1) is 20.6. The van der Waals surface area contributed by atoms with E-state index in [0.717, 1.165) is 56.5 Å². The summed E-state index contributed by atoms with van der Waals surface area (Å²) < 4.78 is 21.9. The summed E-state index contributed by atoms with van der Waals surface area (Å²) in [7, 11) is 0. The predicted molar refractivity (Wildman–Crippen MR) is 108 cm³/mol. The van der Waals surface area contributed by atoms with Crippen molar-refractivity contribution in [2.75, 3.05) is 52.7 Å². The molecule has 1 saturated heterocycles. The van der Waals surface area contributed by atoms with Gasteiger partial charge < -0.3 is 23.9 Å². The summed E-state index contributed by atoms with van der Waals surface area (Å²) in [5.74, 6) is 1.86. The zero-order valence-electron chi connectivity index (χ0n) is 17.3. The van der Waals surface area contributed by atoms with Crippen molar-refractivity contribution >= 4 is 5.91 Å². The fourth-order valence-corrected chi connectivity index (χ4v) is 3.55. The van der Waals surface area contributed by atoms with Crippen LogP contribution in [0.4, 0.5) is 0 Å². The number of hydrogen-bond donors (Lipinski definition) is 1. The van der Waals surface area contributed by atoms with E-state index in [1.54, 1.807) is 0 Å². The monoisotopic (exact) mass is 416 g/mol. The highest BCUT2D eigenvalue weighted by atomic mass is 16.7. The lowest BCUT2D eigenvalue weighted by atomic mass is 10.2. The van der Waals surface area contributed by atoms with Crippen molar-refractivity contribution in [2.45, 2.75) is 20.0 Å². The molecule has 1 aromatic heterocycles. The van der Waals surface area contributed by atoms with Crippen molar-refractivity contribution in [3.05, 3.63) is 41.6 Å². The summed E-state index contributed by atoms with van der Waals surface area (Å²) in [5, 5.41) is 2.74. The number of hydrogen-bond acceptors (Lipinski definition) is 8. The number of amides is 1. The minimum absolute atomic E-state index is 0.219. The molecule has 30 heavy (non-hydrogen) atoms. The maximum Gasteiger partial charge on any atom is 0.273 e. The van der Waals surface area contributed by atoms with Gasteiger partial charge in [-0.05, 0) is 24.6 Å². The summed E-state index contributed by atoms with van der Waals surface area (Å²) >= 11 is 0. The van der Waals surface area contributed by atoms with E-state index in [1.165, 1.54) is 6.26 Å². The second-order valence-electron chi connectivity index (χ2n) is 7.34. The molecule has 0 spiro atoms. The Kier molecular flexibility index (Phi) is 6.83. The summed E-state index contributed by atoms with van der Waals surface area (Å²) in [6.45, 7) is 9.11. The molecule has 9 heteroatoms. The van der Waals surface area contributed by atoms with Gasteiger partial charge in [0.1, 0.15) is 6.26 Å². The molecule has 2 aliphatic heterocycles. The minimum atomic E-state index is -0.219. The Morgan fingerprint density at radius 2 is 2.03 bits per heavy atom. The molecular formula is C21H28N4O5. The van der Waals surface area contributed by atoms with Crippen LogP contribution >= 0.6 is 0 Å². The van der Waals surface area contributed by atoms with Crippen molar-refractivity contribution in [1.29, 1.82) is 0 Å². The molecule has 1 aromatic carbocycles. The van der Waals surface area contributed by atoms with Crippen molar-refractivity contribution in [2.24, 2.45) is 0 Å². The number of benzene rings is 1. The van der Waals surface area contributed by atoms with E-state index in [4.69, 9.17) is 18.6 Å². The van der Waals surface area contributed by atoms with E-state index in [0.29, 0.717) is 31.2 Å². The zero-order valence-corrected chi connectivity index (χ0v) is 17.3. The van der Waals surface area contributed by atoms with Gasteiger partial charge in [-0.2, -0.15) is 0 Å². The quantitative estimate of drug-likeness (QED) is 0.658. The van der Waals surface area contributed by atoms with E-state index in [1.807, 2.05) is 25.1 Å². The molecule has 4 rings (SSSR count). The molecule has 0 atom stereocenters. The summed E-state index contributed by atoms with van der Waals surface area (Å²) in [5.41, 5.74) is 1.43. The topological polar surface area (TPSA) is 89.3 Å². The molecule has 0 saturated carbocycles. The van der Waals surface area contributed by atoms with Crippen molar-refractivity contribution < 1.29 is 23.4 Å². The van der Waals surface area contributed by atoms with Crippen molar-refractivity contribution in [3.8, 4) is 11.5 Å². The van der Waals surface area contributed by atoms with Crippen LogP contribution in [0.5, 0.6) is 11.5 Å². The molecule has 0 bridgehead atoms. The third kappa shape index (κ3) is 5.29. The number of nitrogens with zero attached hydrogens (tertiary/aromatic N) is 3.